The van der Waals surface area contributed by atoms with E-state index in [1.807, 2.05) is 0 Å². The van der Waals surface area contributed by atoms with Crippen LogP contribution in [0.4, 0.5) is 0 Å². The molecule has 2 unspecified atom stereocenters. The molecule has 1 N–H and O–H groups in total. The summed E-state index contributed by atoms with van der Waals surface area (Å²) < 4.78 is 6.94. The van der Waals surface area contributed by atoms with E-state index in [-0.39, 0.29) is 0 Å². The number of benzene rings is 1. The van der Waals surface area contributed by atoms with Crippen LogP contribution in [-0.2, 0) is 13.0 Å². The van der Waals surface area contributed by atoms with Crippen molar-refractivity contribution in [3.63, 3.8) is 0 Å². The number of rotatable bonds is 4. The van der Waals surface area contributed by atoms with Gasteiger partial charge in [-0.3, -0.25) is 0 Å². The Morgan fingerprint density at radius 1 is 1.37 bits per heavy atom. The lowest BCUT2D eigenvalue weighted by atomic mass is 9.98. The normalized spacial score (nSPS) is 25.4. The summed E-state index contributed by atoms with van der Waals surface area (Å²) in [5, 5.41) is 3.63. The second kappa shape index (κ2) is 5.84. The molecule has 1 heterocycles. The van der Waals surface area contributed by atoms with Gasteiger partial charge in [0.1, 0.15) is 5.75 Å². The summed E-state index contributed by atoms with van der Waals surface area (Å²) in [5.41, 5.74) is 2.65. The van der Waals surface area contributed by atoms with E-state index in [0.29, 0.717) is 0 Å². The quantitative estimate of drug-likeness (QED) is 0.907. The van der Waals surface area contributed by atoms with Crippen LogP contribution in [0.2, 0.25) is 0 Å². The first kappa shape index (κ1) is 13.4. The summed E-state index contributed by atoms with van der Waals surface area (Å²) in [5.74, 6) is 2.87. The van der Waals surface area contributed by atoms with Crippen molar-refractivity contribution in [2.45, 2.75) is 39.2 Å². The van der Waals surface area contributed by atoms with Gasteiger partial charge in [-0.05, 0) is 42.5 Å². The minimum atomic E-state index is 0.832. The molecule has 104 valence electrons. The zero-order valence-corrected chi connectivity index (χ0v) is 13.1. The fourth-order valence-electron chi connectivity index (χ4n) is 3.40. The molecule has 1 aliphatic carbocycles. The SMILES string of the molecule is CC1CCCC1CNCc1cc(Br)cc2c1OCC2. The maximum atomic E-state index is 5.77. The van der Waals surface area contributed by atoms with E-state index in [4.69, 9.17) is 4.74 Å². The van der Waals surface area contributed by atoms with Gasteiger partial charge in [0.05, 0.1) is 6.61 Å². The Kier molecular flexibility index (Phi) is 4.13. The molecule has 1 aliphatic heterocycles. The molecule has 1 aromatic rings. The van der Waals surface area contributed by atoms with Gasteiger partial charge in [0.25, 0.3) is 0 Å². The van der Waals surface area contributed by atoms with E-state index in [0.717, 1.165) is 43.7 Å². The lowest BCUT2D eigenvalue weighted by Crippen LogP contribution is -2.24. The molecule has 3 heteroatoms. The Balaban J connectivity index is 1.61. The maximum absolute atomic E-state index is 5.77. The van der Waals surface area contributed by atoms with E-state index in [1.54, 1.807) is 0 Å². The predicted octanol–water partition coefficient (Wildman–Crippen LogP) is 3.91. The van der Waals surface area contributed by atoms with Crippen molar-refractivity contribution >= 4 is 15.9 Å². The Morgan fingerprint density at radius 3 is 3.05 bits per heavy atom. The fraction of sp³-hybridized carbons (Fsp3) is 0.625. The molecule has 1 saturated carbocycles. The summed E-state index contributed by atoms with van der Waals surface area (Å²) in [6, 6.07) is 4.38. The third-order valence-electron chi connectivity index (χ3n) is 4.59. The average molecular weight is 324 g/mol. The molecule has 19 heavy (non-hydrogen) atoms. The number of halogens is 1. The number of fused-ring (bicyclic) bond motifs is 1. The molecule has 0 amide bonds. The topological polar surface area (TPSA) is 21.3 Å². The minimum absolute atomic E-state index is 0.832. The first-order chi connectivity index (χ1) is 9.24. The molecule has 3 rings (SSSR count). The molecular weight excluding hydrogens is 302 g/mol. The number of hydrogen-bond donors (Lipinski definition) is 1. The largest absolute Gasteiger partial charge is 0.493 e. The van der Waals surface area contributed by atoms with Crippen molar-refractivity contribution < 1.29 is 4.74 Å². The smallest absolute Gasteiger partial charge is 0.127 e. The number of ether oxygens (including phenoxy) is 1. The van der Waals surface area contributed by atoms with Crippen molar-refractivity contribution in [1.82, 2.24) is 5.32 Å². The van der Waals surface area contributed by atoms with Crippen LogP contribution in [0.3, 0.4) is 0 Å². The predicted molar refractivity (Wildman–Crippen MR) is 81.6 cm³/mol. The molecule has 0 bridgehead atoms. The Hall–Kier alpha value is -0.540. The molecule has 0 saturated heterocycles. The molecule has 0 spiro atoms. The highest BCUT2D eigenvalue weighted by Gasteiger charge is 2.23. The van der Waals surface area contributed by atoms with Gasteiger partial charge >= 0.3 is 0 Å². The van der Waals surface area contributed by atoms with E-state index in [1.165, 1.54) is 34.9 Å². The van der Waals surface area contributed by atoms with Gasteiger partial charge < -0.3 is 10.1 Å². The maximum Gasteiger partial charge on any atom is 0.127 e. The molecule has 2 nitrogen and oxygen atoms in total. The molecular formula is C16H22BrNO. The summed E-state index contributed by atoms with van der Waals surface area (Å²) >= 11 is 3.60. The molecule has 0 radical (unpaired) electrons. The minimum Gasteiger partial charge on any atom is -0.493 e. The second-order valence-corrected chi connectivity index (χ2v) is 6.87. The van der Waals surface area contributed by atoms with Crippen LogP contribution in [0, 0.1) is 11.8 Å². The third-order valence-corrected chi connectivity index (χ3v) is 5.04. The van der Waals surface area contributed by atoms with Crippen molar-refractivity contribution in [3.05, 3.63) is 27.7 Å². The third kappa shape index (κ3) is 2.97. The molecule has 0 aromatic heterocycles. The Morgan fingerprint density at radius 2 is 2.26 bits per heavy atom. The number of hydrogen-bond acceptors (Lipinski definition) is 2. The Bertz CT molecular complexity index is 460. The molecule has 1 aromatic carbocycles. The summed E-state index contributed by atoms with van der Waals surface area (Å²) in [6.07, 6.45) is 5.24. The average Bonchev–Trinajstić information content (AvgIpc) is 2.98. The lowest BCUT2D eigenvalue weighted by Gasteiger charge is -2.17. The summed E-state index contributed by atoms with van der Waals surface area (Å²) in [4.78, 5) is 0. The van der Waals surface area contributed by atoms with Gasteiger partial charge in [-0.15, -0.1) is 0 Å². The second-order valence-electron chi connectivity index (χ2n) is 5.95. The van der Waals surface area contributed by atoms with Gasteiger partial charge in [0, 0.05) is 23.0 Å². The van der Waals surface area contributed by atoms with Gasteiger partial charge in [0.15, 0.2) is 0 Å². The van der Waals surface area contributed by atoms with Crippen LogP contribution in [0.1, 0.15) is 37.3 Å². The molecule has 1 fully saturated rings. The highest BCUT2D eigenvalue weighted by atomic mass is 79.9. The van der Waals surface area contributed by atoms with Crippen LogP contribution < -0.4 is 10.1 Å². The summed E-state index contributed by atoms with van der Waals surface area (Å²) in [6.45, 7) is 5.28. The monoisotopic (exact) mass is 323 g/mol. The van der Waals surface area contributed by atoms with Crippen LogP contribution in [0.5, 0.6) is 5.75 Å². The molecule has 2 atom stereocenters. The van der Waals surface area contributed by atoms with E-state index < -0.39 is 0 Å². The fourth-order valence-corrected chi connectivity index (χ4v) is 3.95. The van der Waals surface area contributed by atoms with Gasteiger partial charge in [0.2, 0.25) is 0 Å². The molecule has 2 aliphatic rings. The van der Waals surface area contributed by atoms with E-state index in [9.17, 15) is 0 Å². The van der Waals surface area contributed by atoms with Crippen LogP contribution in [0.15, 0.2) is 16.6 Å². The van der Waals surface area contributed by atoms with Crippen molar-refractivity contribution in [2.75, 3.05) is 13.2 Å². The van der Waals surface area contributed by atoms with E-state index in [2.05, 4.69) is 40.3 Å². The number of nitrogens with one attached hydrogen (secondary N) is 1. The summed E-state index contributed by atoms with van der Waals surface area (Å²) in [7, 11) is 0. The van der Waals surface area contributed by atoms with Crippen LogP contribution >= 0.6 is 15.9 Å². The van der Waals surface area contributed by atoms with Crippen molar-refractivity contribution in [2.24, 2.45) is 11.8 Å². The van der Waals surface area contributed by atoms with Gasteiger partial charge in [-0.1, -0.05) is 35.7 Å². The van der Waals surface area contributed by atoms with Gasteiger partial charge in [-0.25, -0.2) is 0 Å². The highest BCUT2D eigenvalue weighted by molar-refractivity contribution is 9.10. The first-order valence-corrected chi connectivity index (χ1v) is 8.18. The zero-order valence-electron chi connectivity index (χ0n) is 11.5. The first-order valence-electron chi connectivity index (χ1n) is 7.39. The standard InChI is InChI=1S/C16H22BrNO/c1-11-3-2-4-13(11)9-18-10-14-8-15(17)7-12-5-6-19-16(12)14/h7-8,11,13,18H,2-6,9-10H2,1H3. The van der Waals surface area contributed by atoms with Gasteiger partial charge in [-0.2, -0.15) is 0 Å². The lowest BCUT2D eigenvalue weighted by molar-refractivity contribution is 0.350. The van der Waals surface area contributed by atoms with Crippen LogP contribution in [0.25, 0.3) is 0 Å². The van der Waals surface area contributed by atoms with Crippen LogP contribution in [-0.4, -0.2) is 13.2 Å². The van der Waals surface area contributed by atoms with E-state index >= 15 is 0 Å². The van der Waals surface area contributed by atoms with Crippen molar-refractivity contribution in [3.8, 4) is 5.75 Å². The van der Waals surface area contributed by atoms with Crippen molar-refractivity contribution in [1.29, 1.82) is 0 Å². The highest BCUT2D eigenvalue weighted by Crippen LogP contribution is 2.33. The zero-order chi connectivity index (χ0) is 13.2. The Labute approximate surface area is 124 Å².